The maximum Gasteiger partial charge on any atom is 0.251 e. The zero-order chi connectivity index (χ0) is 12.1. The number of carbonyl (C=O) groups is 1. The lowest BCUT2D eigenvalue weighted by Gasteiger charge is -2.12. The minimum atomic E-state index is -0.168. The van der Waals surface area contributed by atoms with E-state index in [4.69, 9.17) is 16.7 Å². The van der Waals surface area contributed by atoms with Crippen LogP contribution in [-0.4, -0.2) is 23.7 Å². The highest BCUT2D eigenvalue weighted by molar-refractivity contribution is 9.10. The molecule has 1 atom stereocenters. The van der Waals surface area contributed by atoms with Gasteiger partial charge in [-0.1, -0.05) is 11.6 Å². The van der Waals surface area contributed by atoms with E-state index in [0.29, 0.717) is 21.5 Å². The van der Waals surface area contributed by atoms with Crippen molar-refractivity contribution in [1.29, 1.82) is 0 Å². The van der Waals surface area contributed by atoms with E-state index in [1.165, 1.54) is 0 Å². The van der Waals surface area contributed by atoms with E-state index in [-0.39, 0.29) is 18.6 Å². The monoisotopic (exact) mass is 305 g/mol. The zero-order valence-electron chi connectivity index (χ0n) is 8.84. The van der Waals surface area contributed by atoms with Crippen LogP contribution < -0.4 is 5.32 Å². The Hall–Kier alpha value is -0.580. The molecule has 1 rings (SSSR count). The van der Waals surface area contributed by atoms with Crippen LogP contribution >= 0.6 is 27.5 Å². The molecular weight excluding hydrogens is 293 g/mol. The van der Waals surface area contributed by atoms with Crippen molar-refractivity contribution in [3.63, 3.8) is 0 Å². The van der Waals surface area contributed by atoms with Crippen molar-refractivity contribution in [3.8, 4) is 0 Å². The molecule has 3 nitrogen and oxygen atoms in total. The standard InChI is InChI=1S/C11H13BrClNO2/c1-7(4-5-15)14-11(16)8-2-3-10(13)9(12)6-8/h2-3,6-7,15H,4-5H2,1H3,(H,14,16). The summed E-state index contributed by atoms with van der Waals surface area (Å²) in [6.07, 6.45) is 0.542. The third-order valence-corrected chi connectivity index (χ3v) is 3.34. The first-order chi connectivity index (χ1) is 7.54. The van der Waals surface area contributed by atoms with Gasteiger partial charge in [0.1, 0.15) is 0 Å². The molecule has 0 aromatic heterocycles. The normalized spacial score (nSPS) is 12.2. The number of carbonyl (C=O) groups excluding carboxylic acids is 1. The van der Waals surface area contributed by atoms with Gasteiger partial charge >= 0.3 is 0 Å². The van der Waals surface area contributed by atoms with Gasteiger partial charge in [-0.25, -0.2) is 0 Å². The lowest BCUT2D eigenvalue weighted by molar-refractivity contribution is 0.0934. The molecule has 0 saturated heterocycles. The average Bonchev–Trinajstić information content (AvgIpc) is 2.22. The molecule has 1 aromatic rings. The predicted octanol–water partition coefficient (Wildman–Crippen LogP) is 2.60. The smallest absolute Gasteiger partial charge is 0.251 e. The second-order valence-electron chi connectivity index (χ2n) is 3.52. The third-order valence-electron chi connectivity index (χ3n) is 2.12. The summed E-state index contributed by atoms with van der Waals surface area (Å²) in [4.78, 5) is 11.7. The number of halogens is 2. The summed E-state index contributed by atoms with van der Waals surface area (Å²) >= 11 is 9.09. The average molecular weight is 307 g/mol. The van der Waals surface area contributed by atoms with E-state index in [1.807, 2.05) is 6.92 Å². The van der Waals surface area contributed by atoms with E-state index in [1.54, 1.807) is 18.2 Å². The van der Waals surface area contributed by atoms with Crippen molar-refractivity contribution in [2.75, 3.05) is 6.61 Å². The van der Waals surface area contributed by atoms with Crippen LogP contribution in [0.15, 0.2) is 22.7 Å². The maximum atomic E-state index is 11.7. The molecule has 0 radical (unpaired) electrons. The first-order valence-corrected chi connectivity index (χ1v) is 6.08. The Bertz CT molecular complexity index is 384. The van der Waals surface area contributed by atoms with E-state index >= 15 is 0 Å². The molecule has 0 heterocycles. The molecule has 0 aliphatic rings. The lowest BCUT2D eigenvalue weighted by Crippen LogP contribution is -2.33. The molecule has 1 amide bonds. The van der Waals surface area contributed by atoms with Gasteiger partial charge in [0.2, 0.25) is 0 Å². The van der Waals surface area contributed by atoms with Gasteiger partial charge in [0.25, 0.3) is 5.91 Å². The molecule has 5 heteroatoms. The maximum absolute atomic E-state index is 11.7. The summed E-state index contributed by atoms with van der Waals surface area (Å²) in [7, 11) is 0. The summed E-state index contributed by atoms with van der Waals surface area (Å²) in [6.45, 7) is 1.91. The van der Waals surface area contributed by atoms with Crippen LogP contribution in [0.1, 0.15) is 23.7 Å². The molecule has 0 saturated carbocycles. The molecule has 0 fully saturated rings. The Morgan fingerprint density at radius 2 is 2.31 bits per heavy atom. The first-order valence-electron chi connectivity index (χ1n) is 4.91. The van der Waals surface area contributed by atoms with Crippen molar-refractivity contribution >= 4 is 33.4 Å². The Morgan fingerprint density at radius 1 is 1.62 bits per heavy atom. The summed E-state index contributed by atoms with van der Waals surface area (Å²) in [6, 6.07) is 4.95. The van der Waals surface area contributed by atoms with Gasteiger partial charge < -0.3 is 10.4 Å². The number of hydrogen-bond donors (Lipinski definition) is 2. The van der Waals surface area contributed by atoms with Gasteiger partial charge in [0.15, 0.2) is 0 Å². The summed E-state index contributed by atoms with van der Waals surface area (Å²) in [5.74, 6) is -0.168. The number of benzene rings is 1. The van der Waals surface area contributed by atoms with Gasteiger partial charge in [-0.05, 0) is 47.5 Å². The Labute approximate surface area is 108 Å². The largest absolute Gasteiger partial charge is 0.396 e. The van der Waals surface area contributed by atoms with Gasteiger partial charge in [-0.2, -0.15) is 0 Å². The molecule has 0 bridgehead atoms. The fourth-order valence-corrected chi connectivity index (χ4v) is 1.71. The van der Waals surface area contributed by atoms with Crippen molar-refractivity contribution in [2.24, 2.45) is 0 Å². The molecule has 2 N–H and O–H groups in total. The minimum absolute atomic E-state index is 0.0491. The lowest BCUT2D eigenvalue weighted by atomic mass is 10.2. The van der Waals surface area contributed by atoms with Crippen LogP contribution in [0.3, 0.4) is 0 Å². The highest BCUT2D eigenvalue weighted by Crippen LogP contribution is 2.23. The fourth-order valence-electron chi connectivity index (χ4n) is 1.21. The number of nitrogens with one attached hydrogen (secondary N) is 1. The first kappa shape index (κ1) is 13.5. The van der Waals surface area contributed by atoms with Gasteiger partial charge in [-0.15, -0.1) is 0 Å². The number of amides is 1. The SMILES string of the molecule is CC(CCO)NC(=O)c1ccc(Cl)c(Br)c1. The number of hydrogen-bond acceptors (Lipinski definition) is 2. The topological polar surface area (TPSA) is 49.3 Å². The zero-order valence-corrected chi connectivity index (χ0v) is 11.2. The molecule has 16 heavy (non-hydrogen) atoms. The molecule has 1 aromatic carbocycles. The van der Waals surface area contributed by atoms with Crippen molar-refractivity contribution in [2.45, 2.75) is 19.4 Å². The Balaban J connectivity index is 2.69. The number of rotatable bonds is 4. The summed E-state index contributed by atoms with van der Waals surface area (Å²) < 4.78 is 0.691. The van der Waals surface area contributed by atoms with Crippen molar-refractivity contribution in [3.05, 3.63) is 33.3 Å². The number of aliphatic hydroxyl groups excluding tert-OH is 1. The highest BCUT2D eigenvalue weighted by atomic mass is 79.9. The van der Waals surface area contributed by atoms with Crippen molar-refractivity contribution < 1.29 is 9.90 Å². The molecule has 0 aliphatic carbocycles. The molecule has 88 valence electrons. The summed E-state index contributed by atoms with van der Waals surface area (Å²) in [5.41, 5.74) is 0.543. The Kier molecular flexibility index (Phi) is 5.25. The van der Waals surface area contributed by atoms with Crippen LogP contribution in [0.4, 0.5) is 0 Å². The van der Waals surface area contributed by atoms with E-state index in [9.17, 15) is 4.79 Å². The van der Waals surface area contributed by atoms with E-state index in [0.717, 1.165) is 0 Å². The quantitative estimate of drug-likeness (QED) is 0.898. The van der Waals surface area contributed by atoms with Crippen molar-refractivity contribution in [1.82, 2.24) is 5.32 Å². The second-order valence-corrected chi connectivity index (χ2v) is 4.78. The predicted molar refractivity (Wildman–Crippen MR) is 67.8 cm³/mol. The molecular formula is C11H13BrClNO2. The van der Waals surface area contributed by atoms with Crippen LogP contribution in [-0.2, 0) is 0 Å². The van der Waals surface area contributed by atoms with Gasteiger partial charge in [0.05, 0.1) is 5.02 Å². The second kappa shape index (κ2) is 6.23. The van der Waals surface area contributed by atoms with Crippen LogP contribution in [0.2, 0.25) is 5.02 Å². The molecule has 0 aliphatic heterocycles. The van der Waals surface area contributed by atoms with Gasteiger partial charge in [0, 0.05) is 22.7 Å². The van der Waals surface area contributed by atoms with E-state index in [2.05, 4.69) is 21.2 Å². The fraction of sp³-hybridized carbons (Fsp3) is 0.364. The van der Waals surface area contributed by atoms with Gasteiger partial charge in [-0.3, -0.25) is 4.79 Å². The van der Waals surface area contributed by atoms with Crippen LogP contribution in [0, 0.1) is 0 Å². The van der Waals surface area contributed by atoms with Crippen LogP contribution in [0.5, 0.6) is 0 Å². The van der Waals surface area contributed by atoms with Crippen LogP contribution in [0.25, 0.3) is 0 Å². The minimum Gasteiger partial charge on any atom is -0.396 e. The Morgan fingerprint density at radius 3 is 2.88 bits per heavy atom. The number of aliphatic hydroxyl groups is 1. The van der Waals surface area contributed by atoms with E-state index < -0.39 is 0 Å². The summed E-state index contributed by atoms with van der Waals surface area (Å²) in [5, 5.41) is 12.1. The molecule has 1 unspecified atom stereocenters. The molecule has 0 spiro atoms. The third kappa shape index (κ3) is 3.77. The highest BCUT2D eigenvalue weighted by Gasteiger charge is 2.10.